The number of nitrogens with one attached hydrogen (secondary N) is 1. The topological polar surface area (TPSA) is 41.6 Å². The van der Waals surface area contributed by atoms with Crippen molar-refractivity contribution in [2.45, 2.75) is 58.3 Å². The van der Waals surface area contributed by atoms with E-state index in [1.807, 2.05) is 18.7 Å². The minimum absolute atomic E-state index is 0.0130. The van der Waals surface area contributed by atoms with Crippen molar-refractivity contribution in [3.63, 3.8) is 0 Å². The number of carbonyl (C=O) groups excluding carboxylic acids is 1. The lowest BCUT2D eigenvalue weighted by Gasteiger charge is -2.23. The number of carbonyl (C=O) groups is 1. The molecule has 1 aliphatic rings. The quantitative estimate of drug-likeness (QED) is 0.746. The van der Waals surface area contributed by atoms with E-state index in [0.717, 1.165) is 19.3 Å². The first-order valence-corrected chi connectivity index (χ1v) is 6.19. The summed E-state index contributed by atoms with van der Waals surface area (Å²) in [6.07, 6.45) is 3.40. The second-order valence-electron chi connectivity index (χ2n) is 4.57. The average molecular weight is 228 g/mol. The summed E-state index contributed by atoms with van der Waals surface area (Å²) in [6, 6.07) is 0.0130. The molecular weight excluding hydrogens is 204 g/mol. The normalized spacial score (nSPS) is 27.5. The molecule has 0 bridgehead atoms. The molecule has 0 saturated carbocycles. The monoisotopic (exact) mass is 228 g/mol. The maximum absolute atomic E-state index is 12.1. The number of rotatable bonds is 6. The molecule has 16 heavy (non-hydrogen) atoms. The summed E-state index contributed by atoms with van der Waals surface area (Å²) in [4.78, 5) is 14.0. The van der Waals surface area contributed by atoms with Crippen molar-refractivity contribution in [1.29, 1.82) is 0 Å². The smallest absolute Gasteiger partial charge is 0.241 e. The highest BCUT2D eigenvalue weighted by molar-refractivity contribution is 5.84. The van der Waals surface area contributed by atoms with Crippen molar-refractivity contribution in [2.75, 3.05) is 13.7 Å². The zero-order valence-corrected chi connectivity index (χ0v) is 10.8. The fraction of sp³-hybridized carbons (Fsp3) is 0.917. The Balaban J connectivity index is 2.50. The highest BCUT2D eigenvalue weighted by Gasteiger charge is 2.36. The van der Waals surface area contributed by atoms with E-state index in [2.05, 4.69) is 12.2 Å². The van der Waals surface area contributed by atoms with E-state index in [1.54, 1.807) is 7.11 Å². The molecular formula is C12H24N2O2. The number of hydrogen-bond donors (Lipinski definition) is 1. The fourth-order valence-electron chi connectivity index (χ4n) is 2.06. The highest BCUT2D eigenvalue weighted by atomic mass is 16.5. The summed E-state index contributed by atoms with van der Waals surface area (Å²) in [6.45, 7) is 6.84. The fourth-order valence-corrected chi connectivity index (χ4v) is 2.06. The average Bonchev–Trinajstić information content (AvgIpc) is 2.53. The molecule has 0 aromatic rings. The van der Waals surface area contributed by atoms with E-state index in [0.29, 0.717) is 6.54 Å². The van der Waals surface area contributed by atoms with E-state index in [9.17, 15) is 4.79 Å². The van der Waals surface area contributed by atoms with Crippen LogP contribution in [0.4, 0.5) is 0 Å². The Morgan fingerprint density at radius 1 is 1.56 bits per heavy atom. The SMILES string of the molecule is CCCCC1NC(C)N(CC(C)OC)C1=O. The van der Waals surface area contributed by atoms with Crippen LogP contribution in [0.5, 0.6) is 0 Å². The van der Waals surface area contributed by atoms with Crippen LogP contribution in [0.15, 0.2) is 0 Å². The molecule has 0 radical (unpaired) electrons. The molecule has 0 spiro atoms. The lowest BCUT2D eigenvalue weighted by atomic mass is 10.1. The number of methoxy groups -OCH3 is 1. The van der Waals surface area contributed by atoms with Crippen LogP contribution < -0.4 is 5.32 Å². The highest BCUT2D eigenvalue weighted by Crippen LogP contribution is 2.15. The Kier molecular flexibility index (Phi) is 5.22. The molecule has 0 aromatic heterocycles. The van der Waals surface area contributed by atoms with Crippen molar-refractivity contribution in [3.05, 3.63) is 0 Å². The standard InChI is InChI=1S/C12H24N2O2/c1-5-6-7-11-12(15)14(10(3)13-11)8-9(2)16-4/h9-11,13H,5-8H2,1-4H3. The third-order valence-electron chi connectivity index (χ3n) is 3.19. The van der Waals surface area contributed by atoms with Gasteiger partial charge in [0.2, 0.25) is 5.91 Å². The van der Waals surface area contributed by atoms with Gasteiger partial charge in [-0.15, -0.1) is 0 Å². The van der Waals surface area contributed by atoms with Gasteiger partial charge in [-0.1, -0.05) is 19.8 Å². The van der Waals surface area contributed by atoms with Crippen molar-refractivity contribution >= 4 is 5.91 Å². The van der Waals surface area contributed by atoms with Crippen molar-refractivity contribution < 1.29 is 9.53 Å². The van der Waals surface area contributed by atoms with E-state index >= 15 is 0 Å². The van der Waals surface area contributed by atoms with Crippen LogP contribution >= 0.6 is 0 Å². The van der Waals surface area contributed by atoms with Gasteiger partial charge >= 0.3 is 0 Å². The molecule has 1 fully saturated rings. The molecule has 4 nitrogen and oxygen atoms in total. The summed E-state index contributed by atoms with van der Waals surface area (Å²) in [7, 11) is 1.68. The predicted octanol–water partition coefficient (Wildman–Crippen LogP) is 1.36. The van der Waals surface area contributed by atoms with Gasteiger partial charge in [0.15, 0.2) is 0 Å². The first kappa shape index (κ1) is 13.5. The van der Waals surface area contributed by atoms with Gasteiger partial charge in [0.25, 0.3) is 0 Å². The molecule has 0 aromatic carbocycles. The molecule has 1 saturated heterocycles. The number of nitrogens with zero attached hydrogens (tertiary/aromatic N) is 1. The second-order valence-corrected chi connectivity index (χ2v) is 4.57. The van der Waals surface area contributed by atoms with E-state index in [1.165, 1.54) is 0 Å². The van der Waals surface area contributed by atoms with Gasteiger partial charge in [-0.3, -0.25) is 10.1 Å². The minimum atomic E-state index is 0.0130. The molecule has 1 aliphatic heterocycles. The first-order valence-electron chi connectivity index (χ1n) is 6.19. The lowest BCUT2D eigenvalue weighted by molar-refractivity contribution is -0.131. The van der Waals surface area contributed by atoms with E-state index in [-0.39, 0.29) is 24.2 Å². The summed E-state index contributed by atoms with van der Waals surface area (Å²) >= 11 is 0. The molecule has 1 amide bonds. The largest absolute Gasteiger partial charge is 0.380 e. The van der Waals surface area contributed by atoms with Gasteiger partial charge in [-0.05, 0) is 20.3 Å². The first-order chi connectivity index (χ1) is 7.60. The van der Waals surface area contributed by atoms with Crippen LogP contribution in [0.2, 0.25) is 0 Å². The summed E-state index contributed by atoms with van der Waals surface area (Å²) in [5, 5.41) is 3.34. The zero-order valence-electron chi connectivity index (χ0n) is 10.8. The second kappa shape index (κ2) is 6.21. The Bertz CT molecular complexity index is 233. The van der Waals surface area contributed by atoms with Gasteiger partial charge in [-0.25, -0.2) is 0 Å². The summed E-state index contributed by atoms with van der Waals surface area (Å²) in [5.74, 6) is 0.227. The molecule has 1 N–H and O–H groups in total. The zero-order chi connectivity index (χ0) is 12.1. The predicted molar refractivity (Wildman–Crippen MR) is 64.1 cm³/mol. The van der Waals surface area contributed by atoms with Gasteiger partial charge in [0.1, 0.15) is 0 Å². The Labute approximate surface area is 98.3 Å². The van der Waals surface area contributed by atoms with Crippen LogP contribution in [0.1, 0.15) is 40.0 Å². The van der Waals surface area contributed by atoms with Crippen molar-refractivity contribution in [1.82, 2.24) is 10.2 Å². The van der Waals surface area contributed by atoms with Crippen LogP contribution in [-0.2, 0) is 9.53 Å². The van der Waals surface area contributed by atoms with Gasteiger partial charge < -0.3 is 9.64 Å². The Morgan fingerprint density at radius 3 is 2.81 bits per heavy atom. The maximum Gasteiger partial charge on any atom is 0.241 e. The van der Waals surface area contributed by atoms with E-state index < -0.39 is 0 Å². The number of unbranched alkanes of at least 4 members (excludes halogenated alkanes) is 1. The molecule has 4 heteroatoms. The van der Waals surface area contributed by atoms with Gasteiger partial charge in [-0.2, -0.15) is 0 Å². The van der Waals surface area contributed by atoms with Crippen LogP contribution in [0.25, 0.3) is 0 Å². The number of hydrogen-bond acceptors (Lipinski definition) is 3. The Morgan fingerprint density at radius 2 is 2.25 bits per heavy atom. The van der Waals surface area contributed by atoms with Crippen molar-refractivity contribution in [2.24, 2.45) is 0 Å². The third-order valence-corrected chi connectivity index (χ3v) is 3.19. The van der Waals surface area contributed by atoms with E-state index in [4.69, 9.17) is 4.74 Å². The summed E-state index contributed by atoms with van der Waals surface area (Å²) < 4.78 is 5.20. The van der Waals surface area contributed by atoms with Crippen LogP contribution in [0, 0.1) is 0 Å². The summed E-state index contributed by atoms with van der Waals surface area (Å²) in [5.41, 5.74) is 0. The molecule has 0 aliphatic carbocycles. The van der Waals surface area contributed by atoms with Crippen molar-refractivity contribution in [3.8, 4) is 0 Å². The van der Waals surface area contributed by atoms with Gasteiger partial charge in [0, 0.05) is 13.7 Å². The third kappa shape index (κ3) is 3.19. The Hall–Kier alpha value is -0.610. The van der Waals surface area contributed by atoms with Crippen LogP contribution in [0.3, 0.4) is 0 Å². The molecule has 3 unspecified atom stereocenters. The molecule has 94 valence electrons. The molecule has 3 atom stereocenters. The molecule has 1 heterocycles. The minimum Gasteiger partial charge on any atom is -0.380 e. The maximum atomic E-state index is 12.1. The van der Waals surface area contributed by atoms with Gasteiger partial charge in [0.05, 0.1) is 18.3 Å². The van der Waals surface area contributed by atoms with Crippen LogP contribution in [-0.4, -0.2) is 42.8 Å². The molecule has 1 rings (SSSR count). The lowest BCUT2D eigenvalue weighted by Crippen LogP contribution is -2.39. The number of ether oxygens (including phenoxy) is 1. The number of amides is 1.